The van der Waals surface area contributed by atoms with Gasteiger partial charge in [0.05, 0.1) is 0 Å². The number of benzene rings is 1. The minimum Gasteiger partial charge on any atom is -0.313 e. The number of thioether (sulfide) groups is 1. The third-order valence-corrected chi connectivity index (χ3v) is 6.13. The molecule has 1 N–H and O–H groups in total. The van der Waals surface area contributed by atoms with Crippen LogP contribution in [0.25, 0.3) is 0 Å². The van der Waals surface area contributed by atoms with E-state index in [0.29, 0.717) is 11.3 Å². The monoisotopic (exact) mass is 303 g/mol. The van der Waals surface area contributed by atoms with Gasteiger partial charge in [-0.3, -0.25) is 0 Å². The maximum atomic E-state index is 3.77. The van der Waals surface area contributed by atoms with E-state index in [4.69, 9.17) is 0 Å². The molecule has 0 aliphatic carbocycles. The second-order valence-electron chi connectivity index (χ2n) is 5.31. The highest BCUT2D eigenvalue weighted by Gasteiger charge is 2.29. The summed E-state index contributed by atoms with van der Waals surface area (Å²) in [7, 11) is 0. The predicted molar refractivity (Wildman–Crippen MR) is 89.9 cm³/mol. The SMILES string of the molecule is CCCNC(Cc1cccs1)C1Cc2ccccc2S1. The van der Waals surface area contributed by atoms with Crippen molar-refractivity contribution >= 4 is 23.1 Å². The van der Waals surface area contributed by atoms with Gasteiger partial charge < -0.3 is 5.32 Å². The summed E-state index contributed by atoms with van der Waals surface area (Å²) in [4.78, 5) is 2.97. The van der Waals surface area contributed by atoms with Gasteiger partial charge in [-0.25, -0.2) is 0 Å². The second-order valence-corrected chi connectivity index (χ2v) is 7.63. The minimum atomic E-state index is 0.575. The van der Waals surface area contributed by atoms with Crippen LogP contribution in [0.3, 0.4) is 0 Å². The lowest BCUT2D eigenvalue weighted by atomic mass is 10.0. The first-order valence-electron chi connectivity index (χ1n) is 7.37. The van der Waals surface area contributed by atoms with E-state index in [0.717, 1.165) is 13.0 Å². The first-order valence-corrected chi connectivity index (χ1v) is 9.13. The molecule has 3 rings (SSSR count). The van der Waals surface area contributed by atoms with Crippen molar-refractivity contribution in [3.63, 3.8) is 0 Å². The van der Waals surface area contributed by atoms with Gasteiger partial charge >= 0.3 is 0 Å². The first kappa shape index (κ1) is 14.2. The van der Waals surface area contributed by atoms with Crippen LogP contribution in [0, 0.1) is 0 Å². The van der Waals surface area contributed by atoms with Crippen LogP contribution in [0.1, 0.15) is 23.8 Å². The van der Waals surface area contributed by atoms with Crippen LogP contribution >= 0.6 is 23.1 Å². The Balaban J connectivity index is 1.70. The van der Waals surface area contributed by atoms with E-state index in [1.165, 1.54) is 28.2 Å². The van der Waals surface area contributed by atoms with E-state index < -0.39 is 0 Å². The van der Waals surface area contributed by atoms with Crippen molar-refractivity contribution in [3.05, 3.63) is 52.2 Å². The Morgan fingerprint density at radius 2 is 2.15 bits per heavy atom. The van der Waals surface area contributed by atoms with Crippen LogP contribution in [0.5, 0.6) is 0 Å². The molecule has 1 aromatic heterocycles. The van der Waals surface area contributed by atoms with Gasteiger partial charge in [0.2, 0.25) is 0 Å². The van der Waals surface area contributed by atoms with Gasteiger partial charge in [0.25, 0.3) is 0 Å². The Labute approximate surface area is 129 Å². The van der Waals surface area contributed by atoms with Crippen molar-refractivity contribution in [1.82, 2.24) is 5.32 Å². The molecule has 2 atom stereocenters. The number of hydrogen-bond donors (Lipinski definition) is 1. The fraction of sp³-hybridized carbons (Fsp3) is 0.412. The molecular formula is C17H21NS2. The summed E-state index contributed by atoms with van der Waals surface area (Å²) in [6, 6.07) is 13.9. The lowest BCUT2D eigenvalue weighted by Gasteiger charge is -2.23. The Morgan fingerprint density at radius 1 is 1.25 bits per heavy atom. The van der Waals surface area contributed by atoms with E-state index in [1.807, 2.05) is 11.3 Å². The lowest BCUT2D eigenvalue weighted by molar-refractivity contribution is 0.493. The number of fused-ring (bicyclic) bond motifs is 1. The molecule has 106 valence electrons. The van der Waals surface area contributed by atoms with E-state index in [9.17, 15) is 0 Å². The van der Waals surface area contributed by atoms with Crippen LogP contribution in [0.2, 0.25) is 0 Å². The first-order chi connectivity index (χ1) is 9.86. The van der Waals surface area contributed by atoms with Gasteiger partial charge in [-0.1, -0.05) is 31.2 Å². The van der Waals surface area contributed by atoms with Crippen molar-refractivity contribution < 1.29 is 0 Å². The normalized spacial score (nSPS) is 18.9. The molecule has 1 aliphatic rings. The Bertz CT molecular complexity index is 511. The molecule has 0 saturated carbocycles. The summed E-state index contributed by atoms with van der Waals surface area (Å²) in [5.74, 6) is 0. The molecule has 0 spiro atoms. The van der Waals surface area contributed by atoms with E-state index in [2.05, 4.69) is 65.8 Å². The van der Waals surface area contributed by atoms with Crippen LogP contribution in [0.4, 0.5) is 0 Å². The zero-order chi connectivity index (χ0) is 13.8. The number of nitrogens with one attached hydrogen (secondary N) is 1. The molecule has 20 heavy (non-hydrogen) atoms. The Morgan fingerprint density at radius 3 is 2.90 bits per heavy atom. The molecule has 2 aromatic rings. The molecule has 0 fully saturated rings. The maximum Gasteiger partial charge on any atom is 0.0292 e. The zero-order valence-corrected chi connectivity index (χ0v) is 13.5. The summed E-state index contributed by atoms with van der Waals surface area (Å²) >= 11 is 3.94. The molecule has 0 bridgehead atoms. The fourth-order valence-electron chi connectivity index (χ4n) is 2.74. The standard InChI is InChI=1S/C17H21NS2/c1-2-9-18-15(12-14-7-5-10-19-14)17-11-13-6-3-4-8-16(13)20-17/h3-8,10,15,17-18H,2,9,11-12H2,1H3. The maximum absolute atomic E-state index is 3.77. The van der Waals surface area contributed by atoms with E-state index in [-0.39, 0.29) is 0 Å². The van der Waals surface area contributed by atoms with Gasteiger partial charge in [-0.15, -0.1) is 23.1 Å². The predicted octanol–water partition coefficient (Wildman–Crippen LogP) is 4.38. The number of rotatable bonds is 6. The van der Waals surface area contributed by atoms with E-state index in [1.54, 1.807) is 0 Å². The van der Waals surface area contributed by atoms with Gasteiger partial charge in [0, 0.05) is 21.1 Å². The molecule has 2 unspecified atom stereocenters. The van der Waals surface area contributed by atoms with Gasteiger partial charge in [-0.05, 0) is 48.9 Å². The third kappa shape index (κ3) is 3.27. The summed E-state index contributed by atoms with van der Waals surface area (Å²) in [5.41, 5.74) is 1.52. The molecule has 0 saturated heterocycles. The molecule has 2 heterocycles. The molecule has 0 amide bonds. The summed E-state index contributed by atoms with van der Waals surface area (Å²) in [5, 5.41) is 6.62. The topological polar surface area (TPSA) is 12.0 Å². The van der Waals surface area contributed by atoms with Gasteiger partial charge in [0.1, 0.15) is 0 Å². The average molecular weight is 303 g/mol. The van der Waals surface area contributed by atoms with Crippen LogP contribution < -0.4 is 5.32 Å². The second kappa shape index (κ2) is 6.79. The minimum absolute atomic E-state index is 0.575. The molecule has 1 nitrogen and oxygen atoms in total. The smallest absolute Gasteiger partial charge is 0.0292 e. The van der Waals surface area contributed by atoms with Crippen LogP contribution in [-0.4, -0.2) is 17.8 Å². The van der Waals surface area contributed by atoms with Crippen LogP contribution in [0.15, 0.2) is 46.7 Å². The highest BCUT2D eigenvalue weighted by molar-refractivity contribution is 8.00. The summed E-state index contributed by atoms with van der Waals surface area (Å²) in [6.45, 7) is 3.36. The van der Waals surface area contributed by atoms with Crippen molar-refractivity contribution in [2.45, 2.75) is 42.4 Å². The third-order valence-electron chi connectivity index (χ3n) is 3.78. The fourth-order valence-corrected chi connectivity index (χ4v) is 4.91. The van der Waals surface area contributed by atoms with Crippen molar-refractivity contribution in [1.29, 1.82) is 0 Å². The lowest BCUT2D eigenvalue weighted by Crippen LogP contribution is -2.40. The van der Waals surface area contributed by atoms with Crippen molar-refractivity contribution in [2.75, 3.05) is 6.54 Å². The highest BCUT2D eigenvalue weighted by atomic mass is 32.2. The summed E-state index contributed by atoms with van der Waals surface area (Å²) in [6.07, 6.45) is 3.56. The zero-order valence-electron chi connectivity index (χ0n) is 11.8. The Hall–Kier alpha value is -0.770. The van der Waals surface area contributed by atoms with E-state index >= 15 is 0 Å². The van der Waals surface area contributed by atoms with Crippen molar-refractivity contribution in [2.24, 2.45) is 0 Å². The largest absolute Gasteiger partial charge is 0.313 e. The molecule has 3 heteroatoms. The number of thiophene rings is 1. The quantitative estimate of drug-likeness (QED) is 0.850. The summed E-state index contributed by atoms with van der Waals surface area (Å²) < 4.78 is 0. The average Bonchev–Trinajstić information content (AvgIpc) is 3.12. The molecule has 1 aromatic carbocycles. The Kier molecular flexibility index (Phi) is 4.81. The van der Waals surface area contributed by atoms with Gasteiger partial charge in [0.15, 0.2) is 0 Å². The molecule has 0 radical (unpaired) electrons. The molecule has 1 aliphatic heterocycles. The van der Waals surface area contributed by atoms with Crippen LogP contribution in [-0.2, 0) is 12.8 Å². The number of hydrogen-bond acceptors (Lipinski definition) is 3. The van der Waals surface area contributed by atoms with Crippen molar-refractivity contribution in [3.8, 4) is 0 Å². The highest BCUT2D eigenvalue weighted by Crippen LogP contribution is 2.39. The van der Waals surface area contributed by atoms with Gasteiger partial charge in [-0.2, -0.15) is 0 Å². The molecular weight excluding hydrogens is 282 g/mol.